The minimum atomic E-state index is 0.406. The number of nitrogens with zero attached hydrogens (tertiary/aromatic N) is 3. The van der Waals surface area contributed by atoms with Crippen LogP contribution in [0.25, 0.3) is 0 Å². The number of ether oxygens (including phenoxy) is 1. The highest BCUT2D eigenvalue weighted by Gasteiger charge is 2.44. The van der Waals surface area contributed by atoms with E-state index >= 15 is 0 Å². The Bertz CT molecular complexity index is 437. The second kappa shape index (κ2) is 4.43. The molecule has 98 valence electrons. The van der Waals surface area contributed by atoms with E-state index in [4.69, 9.17) is 4.74 Å². The normalized spacial score (nSPS) is 28.2. The largest absolute Gasteiger partial charge is 0.495 e. The lowest BCUT2D eigenvalue weighted by Gasteiger charge is -2.32. The zero-order chi connectivity index (χ0) is 12.6. The van der Waals surface area contributed by atoms with E-state index in [2.05, 4.69) is 27.9 Å². The molecule has 0 N–H and O–H groups in total. The smallest absolute Gasteiger partial charge is 0.139 e. The summed E-state index contributed by atoms with van der Waals surface area (Å²) in [5.74, 6) is 0.841. The summed E-state index contributed by atoms with van der Waals surface area (Å²) < 4.78 is 5.25. The van der Waals surface area contributed by atoms with Gasteiger partial charge in [0.15, 0.2) is 0 Å². The Balaban J connectivity index is 1.79. The van der Waals surface area contributed by atoms with Gasteiger partial charge in [-0.25, -0.2) is 0 Å². The van der Waals surface area contributed by atoms with Gasteiger partial charge < -0.3 is 9.64 Å². The Morgan fingerprint density at radius 1 is 1.28 bits per heavy atom. The maximum atomic E-state index is 5.25. The molecule has 3 heterocycles. The van der Waals surface area contributed by atoms with Crippen molar-refractivity contribution in [2.45, 2.75) is 24.8 Å². The summed E-state index contributed by atoms with van der Waals surface area (Å²) in [5.41, 5.74) is 1.59. The van der Waals surface area contributed by atoms with Gasteiger partial charge in [0.1, 0.15) is 5.75 Å². The lowest BCUT2D eigenvalue weighted by atomic mass is 9.96. The van der Waals surface area contributed by atoms with Crippen LogP contribution in [0, 0.1) is 0 Å². The molecule has 0 saturated carbocycles. The predicted molar refractivity (Wildman–Crippen MR) is 72.2 cm³/mol. The Morgan fingerprint density at radius 3 is 2.89 bits per heavy atom. The van der Waals surface area contributed by atoms with Gasteiger partial charge >= 0.3 is 0 Å². The van der Waals surface area contributed by atoms with Crippen LogP contribution in [-0.4, -0.2) is 49.2 Å². The number of likely N-dealkylation sites (N-methyl/N-ethyl adjacent to an activating group) is 1. The molecule has 2 saturated heterocycles. The van der Waals surface area contributed by atoms with Gasteiger partial charge in [-0.15, -0.1) is 0 Å². The van der Waals surface area contributed by atoms with Crippen LogP contribution in [0.2, 0.25) is 0 Å². The zero-order valence-corrected chi connectivity index (χ0v) is 11.2. The molecule has 1 atom stereocenters. The van der Waals surface area contributed by atoms with E-state index in [0.29, 0.717) is 5.54 Å². The summed E-state index contributed by atoms with van der Waals surface area (Å²) in [7, 11) is 3.96. The number of pyridine rings is 1. The number of hydrogen-bond donors (Lipinski definition) is 0. The lowest BCUT2D eigenvalue weighted by Crippen LogP contribution is -2.43. The van der Waals surface area contributed by atoms with Gasteiger partial charge in [0.25, 0.3) is 0 Å². The van der Waals surface area contributed by atoms with Crippen molar-refractivity contribution < 1.29 is 4.74 Å². The van der Waals surface area contributed by atoms with Crippen molar-refractivity contribution in [2.24, 2.45) is 0 Å². The minimum absolute atomic E-state index is 0.406. The molecule has 0 amide bonds. The topological polar surface area (TPSA) is 28.6 Å². The van der Waals surface area contributed by atoms with E-state index in [9.17, 15) is 0 Å². The number of hydrogen-bond acceptors (Lipinski definition) is 4. The van der Waals surface area contributed by atoms with E-state index in [1.54, 1.807) is 13.3 Å². The second-order valence-electron chi connectivity index (χ2n) is 5.50. The summed E-state index contributed by atoms with van der Waals surface area (Å²) >= 11 is 0. The first-order chi connectivity index (χ1) is 8.73. The van der Waals surface area contributed by atoms with Crippen molar-refractivity contribution in [2.75, 3.05) is 38.7 Å². The van der Waals surface area contributed by atoms with Gasteiger partial charge in [-0.2, -0.15) is 0 Å². The summed E-state index contributed by atoms with van der Waals surface area (Å²) in [4.78, 5) is 9.24. The first-order valence-corrected chi connectivity index (χ1v) is 6.69. The van der Waals surface area contributed by atoms with Crippen LogP contribution in [-0.2, 0) is 0 Å². The Hall–Kier alpha value is -1.29. The molecule has 1 unspecified atom stereocenters. The third-order valence-electron chi connectivity index (χ3n) is 4.58. The number of aromatic nitrogens is 1. The highest BCUT2D eigenvalue weighted by Crippen LogP contribution is 2.38. The van der Waals surface area contributed by atoms with E-state index in [-0.39, 0.29) is 0 Å². The molecule has 3 rings (SSSR count). The van der Waals surface area contributed by atoms with Gasteiger partial charge in [-0.05, 0) is 32.9 Å². The van der Waals surface area contributed by atoms with Crippen LogP contribution in [0.3, 0.4) is 0 Å². The number of rotatable bonds is 2. The second-order valence-corrected chi connectivity index (χ2v) is 5.50. The van der Waals surface area contributed by atoms with E-state index in [0.717, 1.165) is 18.8 Å². The molecule has 4 nitrogen and oxygen atoms in total. The standard InChI is InChI=1S/C14H21N3O/c1-16-6-3-4-14(16)5-7-17(11-14)12-8-13(18-2)10-15-9-12/h8-10H,3-7,11H2,1-2H3. The first kappa shape index (κ1) is 11.8. The molecule has 0 bridgehead atoms. The molecule has 4 heteroatoms. The zero-order valence-electron chi connectivity index (χ0n) is 11.2. The van der Waals surface area contributed by atoms with Gasteiger partial charge in [-0.1, -0.05) is 0 Å². The van der Waals surface area contributed by atoms with Gasteiger partial charge in [-0.3, -0.25) is 9.88 Å². The van der Waals surface area contributed by atoms with Crippen molar-refractivity contribution in [1.82, 2.24) is 9.88 Å². The van der Waals surface area contributed by atoms with Crippen LogP contribution >= 0.6 is 0 Å². The highest BCUT2D eigenvalue weighted by molar-refractivity contribution is 5.50. The average Bonchev–Trinajstić information content (AvgIpc) is 2.99. The van der Waals surface area contributed by atoms with Crippen LogP contribution in [0.1, 0.15) is 19.3 Å². The molecule has 0 radical (unpaired) electrons. The predicted octanol–water partition coefficient (Wildman–Crippen LogP) is 1.76. The van der Waals surface area contributed by atoms with Crippen LogP contribution in [0.4, 0.5) is 5.69 Å². The molecule has 2 aliphatic rings. The third-order valence-corrected chi connectivity index (χ3v) is 4.58. The Morgan fingerprint density at radius 2 is 2.17 bits per heavy atom. The SMILES string of the molecule is COc1cncc(N2CCC3(CCCN3C)C2)c1. The van der Waals surface area contributed by atoms with Crippen LogP contribution in [0.5, 0.6) is 5.75 Å². The van der Waals surface area contributed by atoms with E-state index < -0.39 is 0 Å². The van der Waals surface area contributed by atoms with Crippen molar-refractivity contribution in [3.63, 3.8) is 0 Å². The number of likely N-dealkylation sites (tertiary alicyclic amines) is 1. The summed E-state index contributed by atoms with van der Waals surface area (Å²) in [5, 5.41) is 0. The highest BCUT2D eigenvalue weighted by atomic mass is 16.5. The summed E-state index contributed by atoms with van der Waals surface area (Å²) in [6.07, 6.45) is 7.63. The molecule has 2 aliphatic heterocycles. The van der Waals surface area contributed by atoms with E-state index in [1.165, 1.54) is 31.5 Å². The van der Waals surface area contributed by atoms with Crippen molar-refractivity contribution in [3.8, 4) is 5.75 Å². The fourth-order valence-electron chi connectivity index (χ4n) is 3.36. The lowest BCUT2D eigenvalue weighted by molar-refractivity contribution is 0.198. The maximum absolute atomic E-state index is 5.25. The van der Waals surface area contributed by atoms with Gasteiger partial charge in [0.05, 0.1) is 25.2 Å². The third kappa shape index (κ3) is 1.85. The average molecular weight is 247 g/mol. The number of anilines is 1. The Kier molecular flexibility index (Phi) is 2.90. The summed E-state index contributed by atoms with van der Waals surface area (Å²) in [6, 6.07) is 2.08. The van der Waals surface area contributed by atoms with Gasteiger partial charge in [0.2, 0.25) is 0 Å². The fraction of sp³-hybridized carbons (Fsp3) is 0.643. The number of methoxy groups -OCH3 is 1. The van der Waals surface area contributed by atoms with Crippen molar-refractivity contribution in [1.29, 1.82) is 0 Å². The molecule has 0 aromatic carbocycles. The molecule has 18 heavy (non-hydrogen) atoms. The molecular weight excluding hydrogens is 226 g/mol. The van der Waals surface area contributed by atoms with Gasteiger partial charge in [0, 0.05) is 24.7 Å². The van der Waals surface area contributed by atoms with Crippen LogP contribution in [0.15, 0.2) is 18.5 Å². The minimum Gasteiger partial charge on any atom is -0.495 e. The summed E-state index contributed by atoms with van der Waals surface area (Å²) in [6.45, 7) is 3.49. The van der Waals surface area contributed by atoms with Crippen LogP contribution < -0.4 is 9.64 Å². The molecule has 2 fully saturated rings. The molecule has 1 aromatic heterocycles. The molecule has 0 aliphatic carbocycles. The quantitative estimate of drug-likeness (QED) is 0.796. The molecule has 1 spiro atoms. The van der Waals surface area contributed by atoms with Crippen molar-refractivity contribution >= 4 is 5.69 Å². The Labute approximate surface area is 109 Å². The van der Waals surface area contributed by atoms with E-state index in [1.807, 2.05) is 6.20 Å². The fourth-order valence-corrected chi connectivity index (χ4v) is 3.36. The molecular formula is C14H21N3O. The monoisotopic (exact) mass is 247 g/mol. The molecule has 1 aromatic rings. The maximum Gasteiger partial charge on any atom is 0.139 e. The first-order valence-electron chi connectivity index (χ1n) is 6.69. The van der Waals surface area contributed by atoms with Crippen molar-refractivity contribution in [3.05, 3.63) is 18.5 Å².